The van der Waals surface area contributed by atoms with Crippen molar-refractivity contribution in [3.63, 3.8) is 0 Å². The summed E-state index contributed by atoms with van der Waals surface area (Å²) in [6.45, 7) is 4.73. The minimum Gasteiger partial charge on any atom is -0.382 e. The van der Waals surface area contributed by atoms with Crippen LogP contribution in [0.2, 0.25) is 6.04 Å². The van der Waals surface area contributed by atoms with E-state index in [4.69, 9.17) is 4.74 Å². The molecule has 1 unspecified atom stereocenters. The van der Waals surface area contributed by atoms with Crippen molar-refractivity contribution in [2.24, 2.45) is 0 Å². The van der Waals surface area contributed by atoms with Crippen molar-refractivity contribution in [1.29, 1.82) is 0 Å². The van der Waals surface area contributed by atoms with E-state index in [1.807, 2.05) is 6.08 Å². The van der Waals surface area contributed by atoms with Crippen molar-refractivity contribution in [3.05, 3.63) is 12.7 Å². The number of hydrogen-bond acceptors (Lipinski definition) is 1. The number of allylic oxidation sites excluding steroid dienone is 1. The predicted octanol–water partition coefficient (Wildman–Crippen LogP) is 1.29. The van der Waals surface area contributed by atoms with Gasteiger partial charge in [-0.1, -0.05) is 6.08 Å². The molecule has 0 N–H and O–H groups in total. The minimum atomic E-state index is 0.0252. The number of ether oxygens (including phenoxy) is 1. The average molecular weight is 156 g/mol. The Labute approximate surface area is 65.3 Å². The Morgan fingerprint density at radius 2 is 2.50 bits per heavy atom. The molecule has 1 aliphatic heterocycles. The maximum absolute atomic E-state index is 5.59. The van der Waals surface area contributed by atoms with Crippen LogP contribution in [0.5, 0.6) is 0 Å². The van der Waals surface area contributed by atoms with Crippen molar-refractivity contribution < 1.29 is 4.74 Å². The predicted molar refractivity (Wildman–Crippen MR) is 47.1 cm³/mol. The van der Waals surface area contributed by atoms with E-state index in [-0.39, 0.29) is 9.52 Å². The van der Waals surface area contributed by atoms with Crippen LogP contribution in [0.25, 0.3) is 0 Å². The lowest BCUT2D eigenvalue weighted by Gasteiger charge is -2.21. The highest BCUT2D eigenvalue weighted by Gasteiger charge is 2.12. The third-order valence-corrected chi connectivity index (χ3v) is 4.00. The van der Waals surface area contributed by atoms with Gasteiger partial charge in [-0.05, 0) is 25.3 Å². The summed E-state index contributed by atoms with van der Waals surface area (Å²) in [5.41, 5.74) is 0.673. The fraction of sp³-hybridized carbons (Fsp3) is 0.750. The van der Waals surface area contributed by atoms with Crippen molar-refractivity contribution in [3.8, 4) is 0 Å². The van der Waals surface area contributed by atoms with E-state index in [0.29, 0.717) is 5.73 Å². The summed E-state index contributed by atoms with van der Waals surface area (Å²) in [4.78, 5) is 0. The van der Waals surface area contributed by atoms with Gasteiger partial charge < -0.3 is 4.74 Å². The maximum atomic E-state index is 5.59. The first-order chi connectivity index (χ1) is 4.93. The molecular weight excluding hydrogens is 140 g/mol. The highest BCUT2D eigenvalue weighted by Crippen LogP contribution is 2.12. The molecular formula is C8H16OSi. The summed E-state index contributed by atoms with van der Waals surface area (Å²) >= 11 is 0. The van der Waals surface area contributed by atoms with Gasteiger partial charge in [-0.25, -0.2) is 0 Å². The topological polar surface area (TPSA) is 9.23 Å². The normalized spacial score (nSPS) is 27.4. The zero-order chi connectivity index (χ0) is 7.23. The van der Waals surface area contributed by atoms with Crippen molar-refractivity contribution in [2.75, 3.05) is 6.61 Å². The van der Waals surface area contributed by atoms with Crippen LogP contribution in [0.1, 0.15) is 19.3 Å². The number of rotatable bonds is 3. The first kappa shape index (κ1) is 8.02. The largest absolute Gasteiger partial charge is 0.382 e. The lowest BCUT2D eigenvalue weighted by Crippen LogP contribution is -2.24. The Hall–Kier alpha value is -0.0831. The molecule has 1 saturated heterocycles. The molecule has 0 amide bonds. The van der Waals surface area contributed by atoms with Crippen LogP contribution in [0, 0.1) is 0 Å². The highest BCUT2D eigenvalue weighted by molar-refractivity contribution is 6.37. The minimum absolute atomic E-state index is 0.0252. The van der Waals surface area contributed by atoms with Gasteiger partial charge >= 0.3 is 0 Å². The van der Waals surface area contributed by atoms with Crippen LogP contribution in [0.4, 0.5) is 0 Å². The zero-order valence-electron chi connectivity index (χ0n) is 6.51. The molecule has 0 saturated carbocycles. The SMILES string of the molecule is C=CC[SiH2]C1CCCCO1. The van der Waals surface area contributed by atoms with Gasteiger partial charge in [0.1, 0.15) is 0 Å². The highest BCUT2D eigenvalue weighted by atomic mass is 28.2. The Kier molecular flexibility index (Phi) is 3.76. The lowest BCUT2D eigenvalue weighted by atomic mass is 10.2. The van der Waals surface area contributed by atoms with Crippen LogP contribution in [0.3, 0.4) is 0 Å². The molecule has 0 aromatic carbocycles. The van der Waals surface area contributed by atoms with Gasteiger partial charge in [0.25, 0.3) is 0 Å². The zero-order valence-corrected chi connectivity index (χ0v) is 7.93. The third-order valence-electron chi connectivity index (χ3n) is 1.97. The molecule has 1 atom stereocenters. The van der Waals surface area contributed by atoms with E-state index in [2.05, 4.69) is 6.58 Å². The van der Waals surface area contributed by atoms with Gasteiger partial charge in [-0.3, -0.25) is 0 Å². The second kappa shape index (κ2) is 4.69. The molecule has 0 spiro atoms. The molecule has 1 nitrogen and oxygen atoms in total. The molecule has 58 valence electrons. The fourth-order valence-electron chi connectivity index (χ4n) is 1.34. The lowest BCUT2D eigenvalue weighted by molar-refractivity contribution is 0.0652. The maximum Gasteiger partial charge on any atom is 0.0593 e. The van der Waals surface area contributed by atoms with E-state index in [0.717, 1.165) is 6.61 Å². The molecule has 0 aliphatic carbocycles. The van der Waals surface area contributed by atoms with E-state index >= 15 is 0 Å². The van der Waals surface area contributed by atoms with Crippen LogP contribution < -0.4 is 0 Å². The molecule has 2 heteroatoms. The second-order valence-corrected chi connectivity index (χ2v) is 4.92. The Bertz CT molecular complexity index is 97.4. The molecule has 1 aliphatic rings. The molecule has 0 radical (unpaired) electrons. The Morgan fingerprint density at radius 3 is 3.10 bits per heavy atom. The smallest absolute Gasteiger partial charge is 0.0593 e. The fourth-order valence-corrected chi connectivity index (χ4v) is 2.86. The summed E-state index contributed by atoms with van der Waals surface area (Å²) in [5, 5.41) is 0. The molecule has 0 aromatic rings. The summed E-state index contributed by atoms with van der Waals surface area (Å²) in [5.74, 6) is 0. The summed E-state index contributed by atoms with van der Waals surface area (Å²) < 4.78 is 5.59. The Morgan fingerprint density at radius 1 is 1.60 bits per heavy atom. The Balaban J connectivity index is 2.07. The van der Waals surface area contributed by atoms with Gasteiger partial charge in [-0.2, -0.15) is 0 Å². The molecule has 1 rings (SSSR count). The second-order valence-electron chi connectivity index (χ2n) is 2.85. The molecule has 1 fully saturated rings. The molecule has 10 heavy (non-hydrogen) atoms. The van der Waals surface area contributed by atoms with Gasteiger partial charge in [0.2, 0.25) is 0 Å². The summed E-state index contributed by atoms with van der Waals surface area (Å²) in [6.07, 6.45) is 6.01. The van der Waals surface area contributed by atoms with E-state index in [9.17, 15) is 0 Å². The first-order valence-electron chi connectivity index (χ1n) is 4.16. The number of hydrogen-bond donors (Lipinski definition) is 0. The van der Waals surface area contributed by atoms with Crippen LogP contribution in [0.15, 0.2) is 12.7 Å². The van der Waals surface area contributed by atoms with E-state index in [1.54, 1.807) is 0 Å². The van der Waals surface area contributed by atoms with Gasteiger partial charge in [-0.15, -0.1) is 6.58 Å². The monoisotopic (exact) mass is 156 g/mol. The van der Waals surface area contributed by atoms with Crippen LogP contribution in [-0.2, 0) is 4.74 Å². The average Bonchev–Trinajstić information content (AvgIpc) is 2.03. The van der Waals surface area contributed by atoms with Crippen molar-refractivity contribution in [1.82, 2.24) is 0 Å². The van der Waals surface area contributed by atoms with Gasteiger partial charge in [0.05, 0.1) is 9.52 Å². The van der Waals surface area contributed by atoms with Crippen molar-refractivity contribution >= 4 is 9.52 Å². The summed E-state index contributed by atoms with van der Waals surface area (Å²) in [7, 11) is 0.0252. The summed E-state index contributed by atoms with van der Waals surface area (Å²) in [6, 6.07) is 1.24. The standard InChI is InChI=1S/C8H16OSi/c1-2-7-10-8-5-3-4-6-9-8/h2,8H,1,3-7,10H2. The van der Waals surface area contributed by atoms with Crippen LogP contribution >= 0.6 is 0 Å². The molecule has 1 heterocycles. The van der Waals surface area contributed by atoms with E-state index in [1.165, 1.54) is 25.3 Å². The van der Waals surface area contributed by atoms with E-state index < -0.39 is 0 Å². The van der Waals surface area contributed by atoms with Gasteiger partial charge in [0.15, 0.2) is 0 Å². The quantitative estimate of drug-likeness (QED) is 0.442. The first-order valence-corrected chi connectivity index (χ1v) is 5.97. The molecule has 0 bridgehead atoms. The van der Waals surface area contributed by atoms with Crippen molar-refractivity contribution in [2.45, 2.75) is 31.0 Å². The van der Waals surface area contributed by atoms with Crippen LogP contribution in [-0.4, -0.2) is 21.9 Å². The van der Waals surface area contributed by atoms with Gasteiger partial charge in [0, 0.05) is 12.3 Å². The third kappa shape index (κ3) is 2.67. The molecule has 0 aromatic heterocycles.